The van der Waals surface area contributed by atoms with Crippen molar-refractivity contribution >= 4 is 43.2 Å². The van der Waals surface area contributed by atoms with E-state index in [0.717, 1.165) is 12.1 Å². The van der Waals surface area contributed by atoms with E-state index in [9.17, 15) is 18.5 Å². The Morgan fingerprint density at radius 1 is 1.47 bits per heavy atom. The molecule has 0 aromatic heterocycles. The Labute approximate surface area is 98.4 Å². The van der Waals surface area contributed by atoms with Crippen LogP contribution >= 0.6 is 27.5 Å². The molecule has 1 aromatic rings. The Kier molecular flexibility index (Phi) is 3.34. The Balaban J connectivity index is 3.63. The largest absolute Gasteiger partial charge is 0.286 e. The molecule has 0 atom stereocenters. The van der Waals surface area contributed by atoms with Crippen molar-refractivity contribution in [3.05, 3.63) is 31.7 Å². The number of benzene rings is 1. The van der Waals surface area contributed by atoms with Crippen LogP contribution in [0.3, 0.4) is 0 Å². The Hall–Kier alpha value is -0.700. The lowest BCUT2D eigenvalue weighted by atomic mass is 10.3. The minimum atomic E-state index is -4.05. The lowest BCUT2D eigenvalue weighted by molar-refractivity contribution is -0.385. The maximum Gasteiger partial charge on any atom is 0.286 e. The summed E-state index contributed by atoms with van der Waals surface area (Å²) in [5.74, 6) is 0. The van der Waals surface area contributed by atoms with Gasteiger partial charge in [0.1, 0.15) is 9.37 Å². The number of sulfonamides is 1. The summed E-state index contributed by atoms with van der Waals surface area (Å²) in [4.78, 5) is 9.36. The molecule has 0 aliphatic rings. The van der Waals surface area contributed by atoms with E-state index in [-0.39, 0.29) is 9.50 Å². The standard InChI is InChI=1S/C6H4BrClN2O4S/c7-6-4(10(11)12)1-3(8)2-5(6)15(9,13)14/h1-2H,(H2,9,13,14). The first-order chi connectivity index (χ1) is 6.73. The first-order valence-corrected chi connectivity index (χ1v) is 6.11. The summed E-state index contributed by atoms with van der Waals surface area (Å²) in [6.45, 7) is 0. The number of rotatable bonds is 2. The second-order valence-corrected chi connectivity index (χ2v) is 5.30. The molecule has 0 spiro atoms. The minimum absolute atomic E-state index is 0.0751. The molecule has 2 N–H and O–H groups in total. The van der Waals surface area contributed by atoms with Crippen molar-refractivity contribution in [1.82, 2.24) is 0 Å². The Morgan fingerprint density at radius 2 is 2.00 bits per heavy atom. The van der Waals surface area contributed by atoms with E-state index in [2.05, 4.69) is 15.9 Å². The van der Waals surface area contributed by atoms with E-state index >= 15 is 0 Å². The van der Waals surface area contributed by atoms with Crippen molar-refractivity contribution in [3.8, 4) is 0 Å². The average Bonchev–Trinajstić information content (AvgIpc) is 2.06. The highest BCUT2D eigenvalue weighted by Crippen LogP contribution is 2.33. The molecule has 0 unspecified atom stereocenters. The number of hydrogen-bond donors (Lipinski definition) is 1. The summed E-state index contributed by atoms with van der Waals surface area (Å²) in [5, 5.41) is 15.3. The van der Waals surface area contributed by atoms with Crippen LogP contribution in [0.4, 0.5) is 5.69 Å². The third-order valence-electron chi connectivity index (χ3n) is 1.49. The summed E-state index contributed by atoms with van der Waals surface area (Å²) < 4.78 is 21.9. The molecule has 1 rings (SSSR count). The minimum Gasteiger partial charge on any atom is -0.258 e. The quantitative estimate of drug-likeness (QED) is 0.662. The summed E-state index contributed by atoms with van der Waals surface area (Å²) in [6, 6.07) is 2.06. The van der Waals surface area contributed by atoms with E-state index in [4.69, 9.17) is 16.7 Å². The summed E-state index contributed by atoms with van der Waals surface area (Å²) in [5.41, 5.74) is -0.452. The number of nitrogens with two attached hydrogens (primary N) is 1. The van der Waals surface area contributed by atoms with Crippen molar-refractivity contribution in [2.45, 2.75) is 4.90 Å². The number of halogens is 2. The van der Waals surface area contributed by atoms with Gasteiger partial charge in [-0.2, -0.15) is 0 Å². The van der Waals surface area contributed by atoms with Gasteiger partial charge in [0.2, 0.25) is 10.0 Å². The van der Waals surface area contributed by atoms with Gasteiger partial charge >= 0.3 is 0 Å². The van der Waals surface area contributed by atoms with Crippen LogP contribution in [-0.4, -0.2) is 13.3 Å². The highest BCUT2D eigenvalue weighted by molar-refractivity contribution is 9.10. The zero-order chi connectivity index (χ0) is 11.8. The van der Waals surface area contributed by atoms with Gasteiger partial charge in [0.05, 0.1) is 4.92 Å². The molecule has 0 radical (unpaired) electrons. The first kappa shape index (κ1) is 12.4. The van der Waals surface area contributed by atoms with Gasteiger partial charge in [0, 0.05) is 11.1 Å². The summed E-state index contributed by atoms with van der Waals surface area (Å²) in [7, 11) is -4.05. The fourth-order valence-electron chi connectivity index (χ4n) is 0.890. The maximum absolute atomic E-state index is 11.0. The second-order valence-electron chi connectivity index (χ2n) is 2.54. The number of primary sulfonamides is 1. The lowest BCUT2D eigenvalue weighted by Crippen LogP contribution is -2.13. The van der Waals surface area contributed by atoms with Gasteiger partial charge in [-0.3, -0.25) is 10.1 Å². The van der Waals surface area contributed by atoms with E-state index < -0.39 is 25.5 Å². The number of nitro benzene ring substituents is 1. The van der Waals surface area contributed by atoms with Crippen molar-refractivity contribution in [2.75, 3.05) is 0 Å². The van der Waals surface area contributed by atoms with Crippen LogP contribution in [0, 0.1) is 10.1 Å². The van der Waals surface area contributed by atoms with Crippen molar-refractivity contribution in [2.24, 2.45) is 5.14 Å². The predicted octanol–water partition coefficient (Wildman–Crippen LogP) is 1.66. The molecule has 82 valence electrons. The molecule has 0 saturated heterocycles. The lowest BCUT2D eigenvalue weighted by Gasteiger charge is -2.03. The Morgan fingerprint density at radius 3 is 2.40 bits per heavy atom. The van der Waals surface area contributed by atoms with Crippen LogP contribution in [0.2, 0.25) is 5.02 Å². The van der Waals surface area contributed by atoms with Gasteiger partial charge in [-0.15, -0.1) is 0 Å². The van der Waals surface area contributed by atoms with Crippen LogP contribution in [0.5, 0.6) is 0 Å². The molecule has 0 aliphatic carbocycles. The molecular weight excluding hydrogens is 312 g/mol. The summed E-state index contributed by atoms with van der Waals surface area (Å²) in [6.07, 6.45) is 0. The molecule has 0 aliphatic heterocycles. The smallest absolute Gasteiger partial charge is 0.258 e. The SMILES string of the molecule is NS(=O)(=O)c1cc(Cl)cc([N+](=O)[O-])c1Br. The molecule has 1 aromatic carbocycles. The number of hydrogen-bond acceptors (Lipinski definition) is 4. The van der Waals surface area contributed by atoms with E-state index in [1.165, 1.54) is 0 Å². The monoisotopic (exact) mass is 314 g/mol. The fourth-order valence-corrected chi connectivity index (χ4v) is 2.86. The van der Waals surface area contributed by atoms with Gasteiger partial charge < -0.3 is 0 Å². The molecule has 0 amide bonds. The van der Waals surface area contributed by atoms with Crippen LogP contribution in [0.25, 0.3) is 0 Å². The zero-order valence-electron chi connectivity index (χ0n) is 6.98. The van der Waals surface area contributed by atoms with Gasteiger partial charge in [0.15, 0.2) is 0 Å². The highest BCUT2D eigenvalue weighted by atomic mass is 79.9. The van der Waals surface area contributed by atoms with Gasteiger partial charge in [0.25, 0.3) is 5.69 Å². The predicted molar refractivity (Wildman–Crippen MR) is 57.2 cm³/mol. The van der Waals surface area contributed by atoms with Crippen LogP contribution in [0.15, 0.2) is 21.5 Å². The fraction of sp³-hybridized carbons (Fsp3) is 0. The van der Waals surface area contributed by atoms with Crippen LogP contribution < -0.4 is 5.14 Å². The van der Waals surface area contributed by atoms with Gasteiger partial charge in [-0.05, 0) is 22.0 Å². The number of nitro groups is 1. The second kappa shape index (κ2) is 4.05. The van der Waals surface area contributed by atoms with E-state index in [1.54, 1.807) is 0 Å². The normalized spacial score (nSPS) is 11.4. The first-order valence-electron chi connectivity index (χ1n) is 3.39. The van der Waals surface area contributed by atoms with E-state index in [0.29, 0.717) is 0 Å². The molecule has 0 heterocycles. The van der Waals surface area contributed by atoms with Crippen molar-refractivity contribution in [3.63, 3.8) is 0 Å². The molecule has 15 heavy (non-hydrogen) atoms. The van der Waals surface area contributed by atoms with Gasteiger partial charge in [-0.25, -0.2) is 13.6 Å². The molecule has 6 nitrogen and oxygen atoms in total. The van der Waals surface area contributed by atoms with Gasteiger partial charge in [-0.1, -0.05) is 11.6 Å². The zero-order valence-corrected chi connectivity index (χ0v) is 10.1. The third-order valence-corrected chi connectivity index (χ3v) is 3.74. The van der Waals surface area contributed by atoms with Crippen molar-refractivity contribution < 1.29 is 13.3 Å². The maximum atomic E-state index is 11.0. The van der Waals surface area contributed by atoms with Crippen LogP contribution in [0.1, 0.15) is 0 Å². The highest BCUT2D eigenvalue weighted by Gasteiger charge is 2.23. The van der Waals surface area contributed by atoms with Crippen LogP contribution in [-0.2, 0) is 10.0 Å². The molecule has 9 heteroatoms. The summed E-state index contributed by atoms with van der Waals surface area (Å²) >= 11 is 8.32. The van der Waals surface area contributed by atoms with E-state index in [1.807, 2.05) is 0 Å². The molecule has 0 bridgehead atoms. The topological polar surface area (TPSA) is 103 Å². The van der Waals surface area contributed by atoms with Crippen molar-refractivity contribution in [1.29, 1.82) is 0 Å². The average molecular weight is 316 g/mol. The Bertz CT molecular complexity index is 530. The molecule has 0 saturated carbocycles. The molecular formula is C6H4BrClN2O4S. The molecule has 0 fully saturated rings. The third kappa shape index (κ3) is 2.65. The number of nitrogens with zero attached hydrogens (tertiary/aromatic N) is 1.